The molecule has 0 N–H and O–H groups in total. The maximum Gasteiger partial charge on any atom is 0.110 e. The summed E-state index contributed by atoms with van der Waals surface area (Å²) in [4.78, 5) is 4.49. The molecule has 1 saturated heterocycles. The Kier molecular flexibility index (Phi) is 3.38. The summed E-state index contributed by atoms with van der Waals surface area (Å²) < 4.78 is 6.11. The maximum absolute atomic E-state index is 9.06. The van der Waals surface area contributed by atoms with Crippen molar-refractivity contribution in [2.75, 3.05) is 27.2 Å². The van der Waals surface area contributed by atoms with Gasteiger partial charge in [0.2, 0.25) is 0 Å². The third-order valence-corrected chi connectivity index (χ3v) is 5.94. The molecule has 102 valence electrons. The van der Waals surface area contributed by atoms with Crippen molar-refractivity contribution in [2.24, 2.45) is 11.8 Å². The van der Waals surface area contributed by atoms with Gasteiger partial charge >= 0.3 is 0 Å². The summed E-state index contributed by atoms with van der Waals surface area (Å²) in [6, 6.07) is 6.31. The molecule has 0 spiro atoms. The molecular weight excluding hydrogens is 256 g/mol. The predicted octanol–water partition coefficient (Wildman–Crippen LogP) is 2.82. The highest BCUT2D eigenvalue weighted by Gasteiger charge is 2.53. The number of ether oxygens (including phenoxy) is 1. The van der Waals surface area contributed by atoms with Crippen molar-refractivity contribution in [1.29, 1.82) is 5.26 Å². The van der Waals surface area contributed by atoms with Crippen LogP contribution in [0, 0.1) is 23.2 Å². The molecule has 0 amide bonds. The molecule has 0 radical (unpaired) electrons. The van der Waals surface area contributed by atoms with E-state index in [1.807, 2.05) is 13.2 Å². The zero-order chi connectivity index (χ0) is 13.5. The van der Waals surface area contributed by atoms with Crippen LogP contribution in [0.15, 0.2) is 12.1 Å². The fourth-order valence-corrected chi connectivity index (χ4v) is 5.23. The zero-order valence-corrected chi connectivity index (χ0v) is 12.4. The quantitative estimate of drug-likeness (QED) is 0.833. The van der Waals surface area contributed by atoms with Crippen LogP contribution >= 0.6 is 11.3 Å². The first-order valence-corrected chi connectivity index (χ1v) is 7.76. The van der Waals surface area contributed by atoms with Gasteiger partial charge in [-0.2, -0.15) is 5.26 Å². The molecule has 3 rings (SSSR count). The van der Waals surface area contributed by atoms with E-state index in [9.17, 15) is 0 Å². The Labute approximate surface area is 118 Å². The number of fused-ring (bicyclic) bond motifs is 2. The molecule has 4 heteroatoms. The second kappa shape index (κ2) is 4.90. The van der Waals surface area contributed by atoms with E-state index >= 15 is 0 Å². The largest absolute Gasteiger partial charge is 0.372 e. The first-order valence-electron chi connectivity index (χ1n) is 6.94. The van der Waals surface area contributed by atoms with Gasteiger partial charge in [-0.25, -0.2) is 0 Å². The van der Waals surface area contributed by atoms with Crippen molar-refractivity contribution >= 4 is 11.3 Å². The van der Waals surface area contributed by atoms with Crippen molar-refractivity contribution < 1.29 is 4.74 Å². The fraction of sp³-hybridized carbons (Fsp3) is 0.667. The lowest BCUT2D eigenvalue weighted by Gasteiger charge is -2.54. The van der Waals surface area contributed by atoms with Gasteiger partial charge < -0.3 is 9.64 Å². The SMILES string of the molecule is CO[C@@]1(c2ccc(C#N)s2)[C@@H]2CCC[C@H]1CN(C)C2. The number of piperidine rings is 1. The minimum Gasteiger partial charge on any atom is -0.372 e. The molecule has 3 atom stereocenters. The molecule has 1 aromatic rings. The van der Waals surface area contributed by atoms with Gasteiger partial charge in [0, 0.05) is 36.9 Å². The molecular formula is C15H20N2OS. The van der Waals surface area contributed by atoms with Crippen LogP contribution < -0.4 is 0 Å². The van der Waals surface area contributed by atoms with Gasteiger partial charge in [-0.05, 0) is 32.0 Å². The topological polar surface area (TPSA) is 36.3 Å². The molecule has 2 heterocycles. The Morgan fingerprint density at radius 1 is 1.37 bits per heavy atom. The first kappa shape index (κ1) is 13.1. The third-order valence-electron chi connectivity index (χ3n) is 4.82. The maximum atomic E-state index is 9.06. The zero-order valence-electron chi connectivity index (χ0n) is 11.6. The average molecular weight is 276 g/mol. The van der Waals surface area contributed by atoms with Gasteiger partial charge in [-0.1, -0.05) is 6.42 Å². The number of likely N-dealkylation sites (tertiary alicyclic amines) is 1. The van der Waals surface area contributed by atoms with E-state index in [0.29, 0.717) is 11.8 Å². The van der Waals surface area contributed by atoms with Gasteiger partial charge in [0.1, 0.15) is 16.5 Å². The Morgan fingerprint density at radius 3 is 2.58 bits per heavy atom. The van der Waals surface area contributed by atoms with Crippen LogP contribution in [0.3, 0.4) is 0 Å². The summed E-state index contributed by atoms with van der Waals surface area (Å²) in [6.45, 7) is 2.20. The van der Waals surface area contributed by atoms with Crippen molar-refractivity contribution in [1.82, 2.24) is 4.90 Å². The molecule has 1 aliphatic carbocycles. The molecule has 19 heavy (non-hydrogen) atoms. The number of methoxy groups -OCH3 is 1. The highest BCUT2D eigenvalue weighted by molar-refractivity contribution is 7.12. The Morgan fingerprint density at radius 2 is 2.05 bits per heavy atom. The van der Waals surface area contributed by atoms with E-state index in [4.69, 9.17) is 10.00 Å². The van der Waals surface area contributed by atoms with Crippen LogP contribution in [0.2, 0.25) is 0 Å². The van der Waals surface area contributed by atoms with Gasteiger partial charge in [0.25, 0.3) is 0 Å². The Bertz CT molecular complexity index is 490. The van der Waals surface area contributed by atoms with Gasteiger partial charge in [0.15, 0.2) is 0 Å². The van der Waals surface area contributed by atoms with E-state index in [0.717, 1.165) is 18.0 Å². The van der Waals surface area contributed by atoms with Crippen LogP contribution in [-0.4, -0.2) is 32.1 Å². The van der Waals surface area contributed by atoms with Crippen molar-refractivity contribution in [3.8, 4) is 6.07 Å². The van der Waals surface area contributed by atoms with E-state index in [-0.39, 0.29) is 5.60 Å². The summed E-state index contributed by atoms with van der Waals surface area (Å²) in [5.74, 6) is 1.11. The molecule has 2 fully saturated rings. The number of nitriles is 1. The standard InChI is InChI=1S/C15H20N2OS/c1-17-9-11-4-3-5-12(10-17)15(11,18-2)14-7-6-13(8-16)19-14/h6-7,11-12H,3-5,9-10H2,1-2H3/t11-,12+,15+. The molecule has 2 bridgehead atoms. The predicted molar refractivity (Wildman–Crippen MR) is 76.0 cm³/mol. The lowest BCUT2D eigenvalue weighted by Crippen LogP contribution is -2.57. The summed E-state index contributed by atoms with van der Waals surface area (Å²) >= 11 is 1.62. The number of hydrogen-bond donors (Lipinski definition) is 0. The van der Waals surface area contributed by atoms with Crippen molar-refractivity contribution in [3.05, 3.63) is 21.9 Å². The third kappa shape index (κ3) is 1.92. The van der Waals surface area contributed by atoms with E-state index in [2.05, 4.69) is 24.1 Å². The number of hydrogen-bond acceptors (Lipinski definition) is 4. The lowest BCUT2D eigenvalue weighted by atomic mass is 9.64. The summed E-state index contributed by atoms with van der Waals surface area (Å²) in [6.07, 6.45) is 3.77. The fourth-order valence-electron chi connectivity index (χ4n) is 4.10. The Hall–Kier alpha value is -0.890. The molecule has 2 aliphatic rings. The van der Waals surface area contributed by atoms with Crippen LogP contribution in [0.5, 0.6) is 0 Å². The molecule has 1 saturated carbocycles. The number of thiophene rings is 1. The summed E-state index contributed by atoms with van der Waals surface area (Å²) in [5, 5.41) is 9.06. The lowest BCUT2D eigenvalue weighted by molar-refractivity contribution is -0.163. The normalized spacial score (nSPS) is 35.0. The highest BCUT2D eigenvalue weighted by atomic mass is 32.1. The first-order chi connectivity index (χ1) is 9.20. The summed E-state index contributed by atoms with van der Waals surface area (Å²) in [5.41, 5.74) is -0.148. The van der Waals surface area contributed by atoms with E-state index in [1.165, 1.54) is 24.1 Å². The molecule has 3 nitrogen and oxygen atoms in total. The van der Waals surface area contributed by atoms with Gasteiger partial charge in [0.05, 0.1) is 0 Å². The average Bonchev–Trinajstić information content (AvgIpc) is 2.87. The number of nitrogens with zero attached hydrogens (tertiary/aromatic N) is 2. The molecule has 0 aromatic carbocycles. The van der Waals surface area contributed by atoms with E-state index in [1.54, 1.807) is 11.3 Å². The van der Waals surface area contributed by atoms with Crippen LogP contribution in [-0.2, 0) is 10.3 Å². The second-order valence-electron chi connectivity index (χ2n) is 5.82. The van der Waals surface area contributed by atoms with Crippen LogP contribution in [0.4, 0.5) is 0 Å². The van der Waals surface area contributed by atoms with Crippen molar-refractivity contribution in [2.45, 2.75) is 24.9 Å². The van der Waals surface area contributed by atoms with Gasteiger partial charge in [-0.15, -0.1) is 11.3 Å². The summed E-state index contributed by atoms with van der Waals surface area (Å²) in [7, 11) is 4.06. The second-order valence-corrected chi connectivity index (χ2v) is 6.90. The monoisotopic (exact) mass is 276 g/mol. The molecule has 0 unspecified atom stereocenters. The van der Waals surface area contributed by atoms with Crippen LogP contribution in [0.1, 0.15) is 29.0 Å². The highest BCUT2D eigenvalue weighted by Crippen LogP contribution is 2.52. The smallest absolute Gasteiger partial charge is 0.110 e. The Balaban J connectivity index is 2.04. The molecule has 1 aliphatic heterocycles. The molecule has 1 aromatic heterocycles. The minimum absolute atomic E-state index is 0.148. The van der Waals surface area contributed by atoms with E-state index < -0.39 is 0 Å². The minimum atomic E-state index is -0.148. The van der Waals surface area contributed by atoms with Gasteiger partial charge in [-0.3, -0.25) is 0 Å². The van der Waals surface area contributed by atoms with Crippen molar-refractivity contribution in [3.63, 3.8) is 0 Å². The number of rotatable bonds is 2. The van der Waals surface area contributed by atoms with Crippen LogP contribution in [0.25, 0.3) is 0 Å².